The maximum Gasteiger partial charge on any atom is 0.255 e. The van der Waals surface area contributed by atoms with Crippen molar-refractivity contribution in [3.8, 4) is 11.5 Å². The maximum atomic E-state index is 12.5. The molecule has 1 heterocycles. The summed E-state index contributed by atoms with van der Waals surface area (Å²) in [5.41, 5.74) is 5.22. The van der Waals surface area contributed by atoms with Gasteiger partial charge in [-0.05, 0) is 80.6 Å². The van der Waals surface area contributed by atoms with Crippen molar-refractivity contribution in [2.75, 3.05) is 20.3 Å². The second-order valence-corrected chi connectivity index (χ2v) is 9.46. The number of amides is 1. The molecule has 0 aliphatic rings. The van der Waals surface area contributed by atoms with Crippen LogP contribution in [0.2, 0.25) is 0 Å². The fraction of sp³-hybridized carbons (Fsp3) is 0.355. The molecular weight excluding hydrogens is 462 g/mol. The first kappa shape index (κ1) is 26.3. The van der Waals surface area contributed by atoms with Gasteiger partial charge in [0, 0.05) is 19.5 Å². The number of rotatable bonds is 13. The third kappa shape index (κ3) is 7.13. The minimum atomic E-state index is -0.0951. The lowest BCUT2D eigenvalue weighted by Gasteiger charge is -2.12. The molecule has 3 aromatic carbocycles. The summed E-state index contributed by atoms with van der Waals surface area (Å²) in [4.78, 5) is 17.4. The summed E-state index contributed by atoms with van der Waals surface area (Å²) in [6, 6.07) is 22.0. The van der Waals surface area contributed by atoms with Gasteiger partial charge in [0.1, 0.15) is 17.3 Å². The number of hydrogen-bond donors (Lipinski definition) is 1. The zero-order valence-corrected chi connectivity index (χ0v) is 22.1. The van der Waals surface area contributed by atoms with Gasteiger partial charge >= 0.3 is 0 Å². The summed E-state index contributed by atoms with van der Waals surface area (Å²) in [7, 11) is 1.58. The molecule has 0 spiro atoms. The number of hydrogen-bond acceptors (Lipinski definition) is 4. The molecule has 1 aromatic heterocycles. The topological polar surface area (TPSA) is 65.4 Å². The van der Waals surface area contributed by atoms with Crippen LogP contribution in [0.1, 0.15) is 53.0 Å². The van der Waals surface area contributed by atoms with E-state index >= 15 is 0 Å². The fourth-order valence-electron chi connectivity index (χ4n) is 4.71. The summed E-state index contributed by atoms with van der Waals surface area (Å²) in [6.07, 6.45) is 4.78. The summed E-state index contributed by atoms with van der Waals surface area (Å²) in [5.74, 6) is 2.55. The summed E-state index contributed by atoms with van der Waals surface area (Å²) < 4.78 is 13.7. The maximum absolute atomic E-state index is 12.5. The highest BCUT2D eigenvalue weighted by molar-refractivity contribution is 5.96. The monoisotopic (exact) mass is 499 g/mol. The van der Waals surface area contributed by atoms with Crippen LogP contribution >= 0.6 is 0 Å². The molecule has 6 nitrogen and oxygen atoms in total. The predicted molar refractivity (Wildman–Crippen MR) is 149 cm³/mol. The number of aryl methyl sites for hydroxylation is 4. The minimum absolute atomic E-state index is 0.0951. The van der Waals surface area contributed by atoms with E-state index in [1.165, 1.54) is 16.6 Å². The van der Waals surface area contributed by atoms with E-state index in [1.54, 1.807) is 19.2 Å². The molecule has 4 aromatic rings. The smallest absolute Gasteiger partial charge is 0.255 e. The number of benzene rings is 3. The van der Waals surface area contributed by atoms with Crippen molar-refractivity contribution in [3.63, 3.8) is 0 Å². The third-order valence-electron chi connectivity index (χ3n) is 6.44. The van der Waals surface area contributed by atoms with E-state index in [2.05, 4.69) is 60.1 Å². The van der Waals surface area contributed by atoms with Crippen molar-refractivity contribution in [1.82, 2.24) is 14.9 Å². The van der Waals surface area contributed by atoms with Crippen molar-refractivity contribution in [3.05, 3.63) is 89.2 Å². The number of imidazole rings is 1. The van der Waals surface area contributed by atoms with Crippen LogP contribution in [0.25, 0.3) is 11.0 Å². The van der Waals surface area contributed by atoms with E-state index in [9.17, 15) is 4.79 Å². The number of aromatic nitrogens is 2. The average molecular weight is 500 g/mol. The fourth-order valence-corrected chi connectivity index (χ4v) is 4.71. The van der Waals surface area contributed by atoms with Crippen LogP contribution in [0, 0.1) is 13.8 Å². The number of methoxy groups -OCH3 is 1. The van der Waals surface area contributed by atoms with Crippen LogP contribution in [-0.4, -0.2) is 35.7 Å². The molecule has 0 saturated carbocycles. The number of unbranched alkanes of at least 4 members (excludes halogenated alkanes) is 2. The second-order valence-electron chi connectivity index (χ2n) is 9.46. The van der Waals surface area contributed by atoms with Crippen molar-refractivity contribution < 1.29 is 14.3 Å². The molecule has 0 atom stereocenters. The molecule has 0 saturated heterocycles. The van der Waals surface area contributed by atoms with Gasteiger partial charge in [-0.1, -0.05) is 36.8 Å². The Balaban J connectivity index is 1.25. The van der Waals surface area contributed by atoms with Gasteiger partial charge in [-0.25, -0.2) is 4.98 Å². The van der Waals surface area contributed by atoms with Crippen molar-refractivity contribution in [1.29, 1.82) is 0 Å². The summed E-state index contributed by atoms with van der Waals surface area (Å²) >= 11 is 0. The van der Waals surface area contributed by atoms with E-state index in [-0.39, 0.29) is 5.91 Å². The molecule has 0 fully saturated rings. The van der Waals surface area contributed by atoms with Gasteiger partial charge in [0.25, 0.3) is 5.91 Å². The highest BCUT2D eigenvalue weighted by Crippen LogP contribution is 2.20. The molecule has 0 unspecified atom stereocenters. The molecule has 0 aliphatic carbocycles. The Morgan fingerprint density at radius 3 is 2.49 bits per heavy atom. The van der Waals surface area contributed by atoms with Crippen molar-refractivity contribution in [2.45, 2.75) is 52.5 Å². The highest BCUT2D eigenvalue weighted by atomic mass is 16.5. The van der Waals surface area contributed by atoms with Crippen LogP contribution < -0.4 is 14.8 Å². The first-order valence-electron chi connectivity index (χ1n) is 13.1. The molecule has 0 radical (unpaired) electrons. The van der Waals surface area contributed by atoms with E-state index < -0.39 is 0 Å². The highest BCUT2D eigenvalue weighted by Gasteiger charge is 2.12. The molecule has 37 heavy (non-hydrogen) atoms. The number of para-hydroxylation sites is 3. The van der Waals surface area contributed by atoms with Gasteiger partial charge in [-0.2, -0.15) is 0 Å². The van der Waals surface area contributed by atoms with Gasteiger partial charge in [-0.3, -0.25) is 4.79 Å². The average Bonchev–Trinajstić information content (AvgIpc) is 3.25. The number of nitrogens with one attached hydrogen (secondary N) is 1. The Hall–Kier alpha value is -3.80. The van der Waals surface area contributed by atoms with Gasteiger partial charge in [0.15, 0.2) is 0 Å². The zero-order valence-electron chi connectivity index (χ0n) is 22.1. The third-order valence-corrected chi connectivity index (χ3v) is 6.44. The zero-order chi connectivity index (χ0) is 26.0. The molecule has 0 bridgehead atoms. The quantitative estimate of drug-likeness (QED) is 0.220. The predicted octanol–water partition coefficient (Wildman–Crippen LogP) is 6.27. The SMILES string of the molecule is COc1ccccc1C(=O)NCCCCCc1nc2ccccc2n1CCCOc1cc(C)cc(C)c1. The standard InChI is InChI=1S/C31H37N3O3/c1-23-20-24(2)22-25(21-23)37-19-11-18-34-28-14-8-7-13-27(28)33-30(34)16-5-4-10-17-32-31(35)26-12-6-9-15-29(26)36-3/h6-9,12-15,20-22H,4-5,10-11,16-19H2,1-3H3,(H,32,35). The Bertz CT molecular complexity index is 1310. The van der Waals surface area contributed by atoms with E-state index in [1.807, 2.05) is 18.2 Å². The van der Waals surface area contributed by atoms with Crippen LogP contribution in [0.5, 0.6) is 11.5 Å². The van der Waals surface area contributed by atoms with Crippen LogP contribution in [-0.2, 0) is 13.0 Å². The number of ether oxygens (including phenoxy) is 2. The molecule has 6 heteroatoms. The lowest BCUT2D eigenvalue weighted by molar-refractivity contribution is 0.0950. The van der Waals surface area contributed by atoms with Gasteiger partial charge in [0.2, 0.25) is 0 Å². The summed E-state index contributed by atoms with van der Waals surface area (Å²) in [6.45, 7) is 6.37. The number of fused-ring (bicyclic) bond motifs is 1. The molecule has 1 N–H and O–H groups in total. The molecular formula is C31H37N3O3. The van der Waals surface area contributed by atoms with E-state index in [0.717, 1.165) is 55.7 Å². The molecule has 4 rings (SSSR count). The largest absolute Gasteiger partial charge is 0.496 e. The minimum Gasteiger partial charge on any atom is -0.496 e. The number of nitrogens with zero attached hydrogens (tertiary/aromatic N) is 2. The number of carbonyl (C=O) groups excluding carboxylic acids is 1. The first-order chi connectivity index (χ1) is 18.0. The van der Waals surface area contributed by atoms with E-state index in [4.69, 9.17) is 14.5 Å². The Morgan fingerprint density at radius 1 is 0.919 bits per heavy atom. The normalized spacial score (nSPS) is 11.0. The molecule has 0 aliphatic heterocycles. The Morgan fingerprint density at radius 2 is 1.68 bits per heavy atom. The van der Waals surface area contributed by atoms with Crippen molar-refractivity contribution >= 4 is 16.9 Å². The molecule has 194 valence electrons. The lowest BCUT2D eigenvalue weighted by atomic mass is 10.1. The van der Waals surface area contributed by atoms with Crippen LogP contribution in [0.3, 0.4) is 0 Å². The molecule has 1 amide bonds. The number of carbonyl (C=O) groups is 1. The van der Waals surface area contributed by atoms with Crippen LogP contribution in [0.4, 0.5) is 0 Å². The summed E-state index contributed by atoms with van der Waals surface area (Å²) in [5, 5.41) is 3.01. The lowest BCUT2D eigenvalue weighted by Crippen LogP contribution is -2.24. The van der Waals surface area contributed by atoms with Gasteiger partial charge in [-0.15, -0.1) is 0 Å². The second kappa shape index (κ2) is 12.9. The van der Waals surface area contributed by atoms with Gasteiger partial charge < -0.3 is 19.4 Å². The Kier molecular flexibility index (Phi) is 9.19. The van der Waals surface area contributed by atoms with E-state index in [0.29, 0.717) is 24.5 Å². The van der Waals surface area contributed by atoms with Gasteiger partial charge in [0.05, 0.1) is 30.3 Å². The van der Waals surface area contributed by atoms with Crippen molar-refractivity contribution in [2.24, 2.45) is 0 Å². The van der Waals surface area contributed by atoms with Crippen LogP contribution in [0.15, 0.2) is 66.7 Å². The first-order valence-corrected chi connectivity index (χ1v) is 13.1. The Labute approximate surface area is 219 Å².